The molecule has 0 amide bonds. The first-order valence-corrected chi connectivity index (χ1v) is 9.01. The molecule has 0 aliphatic heterocycles. The van der Waals surface area contributed by atoms with Crippen LogP contribution in [0, 0.1) is 6.92 Å². The van der Waals surface area contributed by atoms with Crippen molar-refractivity contribution in [1.29, 1.82) is 0 Å². The highest BCUT2D eigenvalue weighted by molar-refractivity contribution is 7.98. The van der Waals surface area contributed by atoms with Crippen LogP contribution in [-0.4, -0.2) is 9.55 Å². The normalized spacial score (nSPS) is 10.9. The Morgan fingerprint density at radius 3 is 2.65 bits per heavy atom. The van der Waals surface area contributed by atoms with Gasteiger partial charge in [-0.3, -0.25) is 0 Å². The lowest BCUT2D eigenvalue weighted by Gasteiger charge is -2.09. The van der Waals surface area contributed by atoms with Gasteiger partial charge < -0.3 is 4.57 Å². The molecule has 2 nitrogen and oxygen atoms in total. The van der Waals surface area contributed by atoms with Gasteiger partial charge in [-0.2, -0.15) is 0 Å². The quantitative estimate of drug-likeness (QED) is 0.560. The summed E-state index contributed by atoms with van der Waals surface area (Å²) >= 11 is 8.29. The van der Waals surface area contributed by atoms with Gasteiger partial charge in [0.15, 0.2) is 0 Å². The van der Waals surface area contributed by atoms with E-state index in [1.54, 1.807) is 0 Å². The third-order valence-electron chi connectivity index (χ3n) is 3.81. The average Bonchev–Trinajstić information content (AvgIpc) is 2.98. The van der Waals surface area contributed by atoms with E-state index in [2.05, 4.69) is 52.0 Å². The second-order valence-corrected chi connectivity index (χ2v) is 6.90. The third-order valence-corrected chi connectivity index (χ3v) is 5.25. The number of halogens is 1. The van der Waals surface area contributed by atoms with Gasteiger partial charge in [0.2, 0.25) is 0 Å². The van der Waals surface area contributed by atoms with Crippen LogP contribution in [0.25, 0.3) is 0 Å². The predicted octanol–water partition coefficient (Wildman–Crippen LogP) is 5.38. The highest BCUT2D eigenvalue weighted by Gasteiger charge is 2.04. The topological polar surface area (TPSA) is 17.8 Å². The first-order chi connectivity index (χ1) is 11.2. The molecular formula is C19H19ClN2S. The number of hydrogen-bond acceptors (Lipinski definition) is 2. The van der Waals surface area contributed by atoms with Crippen molar-refractivity contribution in [2.45, 2.75) is 30.5 Å². The lowest BCUT2D eigenvalue weighted by Crippen LogP contribution is -2.02. The van der Waals surface area contributed by atoms with Gasteiger partial charge in [-0.05, 0) is 42.7 Å². The Bertz CT molecular complexity index is 768. The van der Waals surface area contributed by atoms with E-state index in [0.717, 1.165) is 29.6 Å². The molecule has 0 bridgehead atoms. The summed E-state index contributed by atoms with van der Waals surface area (Å²) in [6.07, 6.45) is 4.76. The van der Waals surface area contributed by atoms with Gasteiger partial charge in [0.1, 0.15) is 5.82 Å². The summed E-state index contributed by atoms with van der Waals surface area (Å²) in [5.74, 6) is 1.97. The van der Waals surface area contributed by atoms with Crippen LogP contribution in [0.1, 0.15) is 17.0 Å². The van der Waals surface area contributed by atoms with Crippen molar-refractivity contribution in [2.75, 3.05) is 0 Å². The number of aryl methyl sites for hydroxylation is 3. The van der Waals surface area contributed by atoms with Crippen LogP contribution in [0.2, 0.25) is 5.02 Å². The van der Waals surface area contributed by atoms with Gasteiger partial charge in [0.25, 0.3) is 0 Å². The van der Waals surface area contributed by atoms with E-state index in [0.29, 0.717) is 0 Å². The Morgan fingerprint density at radius 2 is 1.96 bits per heavy atom. The molecule has 3 aromatic rings. The van der Waals surface area contributed by atoms with Crippen molar-refractivity contribution < 1.29 is 0 Å². The molecule has 0 radical (unpaired) electrons. The number of hydrogen-bond donors (Lipinski definition) is 0. The molecule has 2 aromatic carbocycles. The summed E-state index contributed by atoms with van der Waals surface area (Å²) in [5, 5.41) is 0.855. The fraction of sp³-hybridized carbons (Fsp3) is 0.211. The van der Waals surface area contributed by atoms with Gasteiger partial charge in [-0.15, -0.1) is 11.8 Å². The summed E-state index contributed by atoms with van der Waals surface area (Å²) in [6.45, 7) is 2.93. The minimum atomic E-state index is 0.855. The Balaban J connectivity index is 1.60. The van der Waals surface area contributed by atoms with Crippen LogP contribution in [0.3, 0.4) is 0 Å². The minimum absolute atomic E-state index is 0.855. The zero-order valence-electron chi connectivity index (χ0n) is 13.1. The smallest absolute Gasteiger partial charge is 0.105 e. The van der Waals surface area contributed by atoms with E-state index < -0.39 is 0 Å². The molecular weight excluding hydrogens is 324 g/mol. The van der Waals surface area contributed by atoms with Crippen LogP contribution in [0.4, 0.5) is 0 Å². The van der Waals surface area contributed by atoms with E-state index in [9.17, 15) is 0 Å². The Morgan fingerprint density at radius 1 is 1.13 bits per heavy atom. The van der Waals surface area contributed by atoms with E-state index in [1.165, 1.54) is 16.0 Å². The minimum Gasteiger partial charge on any atom is -0.335 e. The monoisotopic (exact) mass is 342 g/mol. The Labute approximate surface area is 146 Å². The Kier molecular flexibility index (Phi) is 5.42. The molecule has 0 aliphatic carbocycles. The molecule has 0 N–H and O–H groups in total. The first-order valence-electron chi connectivity index (χ1n) is 7.65. The maximum Gasteiger partial charge on any atom is 0.105 e. The zero-order chi connectivity index (χ0) is 16.1. The highest BCUT2D eigenvalue weighted by atomic mass is 35.5. The van der Waals surface area contributed by atoms with Crippen LogP contribution in [-0.2, 0) is 18.7 Å². The molecule has 1 aromatic heterocycles. The SMILES string of the molecule is Cc1nccn1CCc1ccc(CSc2ccccc2)cc1Cl. The van der Waals surface area contributed by atoms with Gasteiger partial charge >= 0.3 is 0 Å². The fourth-order valence-electron chi connectivity index (χ4n) is 2.45. The molecule has 0 unspecified atom stereocenters. The van der Waals surface area contributed by atoms with Crippen molar-refractivity contribution in [3.8, 4) is 0 Å². The number of rotatable bonds is 6. The average molecular weight is 343 g/mol. The Hall–Kier alpha value is -1.71. The van der Waals surface area contributed by atoms with E-state index in [-0.39, 0.29) is 0 Å². The van der Waals surface area contributed by atoms with E-state index in [4.69, 9.17) is 11.6 Å². The van der Waals surface area contributed by atoms with Crippen molar-refractivity contribution in [1.82, 2.24) is 9.55 Å². The molecule has 3 rings (SSSR count). The van der Waals surface area contributed by atoms with Crippen LogP contribution < -0.4 is 0 Å². The molecule has 0 spiro atoms. The summed E-state index contributed by atoms with van der Waals surface area (Å²) in [4.78, 5) is 5.53. The standard InChI is InChI=1S/C19H19ClN2S/c1-15-21-10-12-22(15)11-9-17-8-7-16(13-19(17)20)14-23-18-5-3-2-4-6-18/h2-8,10,12-13H,9,11,14H2,1H3. The molecule has 1 heterocycles. The number of benzene rings is 2. The number of thioether (sulfide) groups is 1. The van der Waals surface area contributed by atoms with Crippen LogP contribution in [0.15, 0.2) is 65.8 Å². The fourth-order valence-corrected chi connectivity index (χ4v) is 3.61. The lowest BCUT2D eigenvalue weighted by atomic mass is 10.1. The van der Waals surface area contributed by atoms with Gasteiger partial charge in [0, 0.05) is 34.6 Å². The van der Waals surface area contributed by atoms with Crippen molar-refractivity contribution in [3.63, 3.8) is 0 Å². The van der Waals surface area contributed by atoms with Crippen LogP contribution >= 0.6 is 23.4 Å². The molecule has 0 saturated carbocycles. The second kappa shape index (κ2) is 7.71. The zero-order valence-corrected chi connectivity index (χ0v) is 14.6. The predicted molar refractivity (Wildman–Crippen MR) is 98.1 cm³/mol. The lowest BCUT2D eigenvalue weighted by molar-refractivity contribution is 0.673. The summed E-state index contributed by atoms with van der Waals surface area (Å²) < 4.78 is 2.15. The molecule has 0 fully saturated rings. The summed E-state index contributed by atoms with van der Waals surface area (Å²) in [5.41, 5.74) is 2.44. The van der Waals surface area contributed by atoms with E-state index in [1.807, 2.05) is 37.1 Å². The van der Waals surface area contributed by atoms with Crippen LogP contribution in [0.5, 0.6) is 0 Å². The molecule has 0 aliphatic rings. The number of aromatic nitrogens is 2. The molecule has 23 heavy (non-hydrogen) atoms. The van der Waals surface area contributed by atoms with Crippen molar-refractivity contribution >= 4 is 23.4 Å². The molecule has 0 saturated heterocycles. The maximum absolute atomic E-state index is 6.46. The van der Waals surface area contributed by atoms with Crippen molar-refractivity contribution in [3.05, 3.63) is 82.9 Å². The van der Waals surface area contributed by atoms with E-state index >= 15 is 0 Å². The van der Waals surface area contributed by atoms with Gasteiger partial charge in [-0.25, -0.2) is 4.98 Å². The maximum atomic E-state index is 6.46. The first kappa shape index (κ1) is 16.2. The number of imidazole rings is 1. The largest absolute Gasteiger partial charge is 0.335 e. The molecule has 118 valence electrons. The summed E-state index contributed by atoms with van der Waals surface area (Å²) in [7, 11) is 0. The molecule has 0 atom stereocenters. The second-order valence-electron chi connectivity index (χ2n) is 5.45. The van der Waals surface area contributed by atoms with Crippen molar-refractivity contribution in [2.24, 2.45) is 0 Å². The highest BCUT2D eigenvalue weighted by Crippen LogP contribution is 2.25. The summed E-state index contributed by atoms with van der Waals surface area (Å²) in [6, 6.07) is 16.9. The van der Waals surface area contributed by atoms with Gasteiger partial charge in [-0.1, -0.05) is 41.9 Å². The third kappa shape index (κ3) is 4.40. The number of nitrogens with zero attached hydrogens (tertiary/aromatic N) is 2. The van der Waals surface area contributed by atoms with Gasteiger partial charge in [0.05, 0.1) is 0 Å². The molecule has 4 heteroatoms.